The van der Waals surface area contributed by atoms with Gasteiger partial charge in [0, 0.05) is 16.8 Å². The van der Waals surface area contributed by atoms with Gasteiger partial charge in [0.15, 0.2) is 0 Å². The van der Waals surface area contributed by atoms with Gasteiger partial charge in [0.05, 0.1) is 0 Å². The van der Waals surface area contributed by atoms with Crippen LogP contribution in [-0.2, 0) is 6.42 Å². The largest absolute Gasteiger partial charge is 0.313 e. The third-order valence-corrected chi connectivity index (χ3v) is 5.23. The van der Waals surface area contributed by atoms with E-state index >= 15 is 0 Å². The molecule has 1 heterocycles. The van der Waals surface area contributed by atoms with Crippen LogP contribution >= 0.6 is 11.3 Å². The molecule has 2 rings (SSSR count). The maximum Gasteiger partial charge on any atom is 0.0162 e. The third-order valence-electron chi connectivity index (χ3n) is 4.23. The number of hydrogen-bond donors (Lipinski definition) is 1. The Morgan fingerprint density at radius 1 is 1.47 bits per heavy atom. The number of aryl methyl sites for hydroxylation is 1. The van der Waals surface area contributed by atoms with Crippen molar-refractivity contribution < 1.29 is 0 Å². The van der Waals surface area contributed by atoms with Crippen molar-refractivity contribution in [3.63, 3.8) is 0 Å². The van der Waals surface area contributed by atoms with Gasteiger partial charge in [-0.25, -0.2) is 0 Å². The molecule has 1 aliphatic rings. The van der Waals surface area contributed by atoms with Gasteiger partial charge in [-0.3, -0.25) is 0 Å². The number of thiophene rings is 1. The predicted molar refractivity (Wildman–Crippen MR) is 76.9 cm³/mol. The smallest absolute Gasteiger partial charge is 0.0162 e. The van der Waals surface area contributed by atoms with Crippen molar-refractivity contribution in [1.29, 1.82) is 0 Å². The van der Waals surface area contributed by atoms with Crippen LogP contribution in [0.5, 0.6) is 0 Å². The minimum absolute atomic E-state index is 0.665. The van der Waals surface area contributed by atoms with Crippen LogP contribution in [0.2, 0.25) is 0 Å². The molecule has 1 aromatic rings. The molecule has 96 valence electrons. The van der Waals surface area contributed by atoms with E-state index in [2.05, 4.69) is 37.5 Å². The summed E-state index contributed by atoms with van der Waals surface area (Å²) in [5.74, 6) is 1.52. The summed E-state index contributed by atoms with van der Waals surface area (Å²) in [7, 11) is 0. The third kappa shape index (κ3) is 2.74. The molecule has 0 aromatic carbocycles. The Labute approximate surface area is 110 Å². The van der Waals surface area contributed by atoms with Crippen molar-refractivity contribution in [2.75, 3.05) is 6.54 Å². The van der Waals surface area contributed by atoms with Gasteiger partial charge in [-0.05, 0) is 48.7 Å². The first-order valence-corrected chi connectivity index (χ1v) is 7.95. The van der Waals surface area contributed by atoms with Crippen LogP contribution in [0.25, 0.3) is 0 Å². The highest BCUT2D eigenvalue weighted by Gasteiger charge is 2.30. The average Bonchev–Trinajstić information content (AvgIpc) is 2.83. The Hall–Kier alpha value is -0.340. The summed E-state index contributed by atoms with van der Waals surface area (Å²) in [4.78, 5) is 1.65. The van der Waals surface area contributed by atoms with Crippen LogP contribution in [0.15, 0.2) is 11.4 Å². The van der Waals surface area contributed by atoms with Gasteiger partial charge in [-0.2, -0.15) is 0 Å². The van der Waals surface area contributed by atoms with Gasteiger partial charge in [-0.1, -0.05) is 27.2 Å². The summed E-state index contributed by atoms with van der Waals surface area (Å²) >= 11 is 1.96. The van der Waals surface area contributed by atoms with Crippen LogP contribution in [0.4, 0.5) is 0 Å². The van der Waals surface area contributed by atoms with Gasteiger partial charge < -0.3 is 5.32 Å². The lowest BCUT2D eigenvalue weighted by Gasteiger charge is -2.35. The Morgan fingerprint density at radius 2 is 2.29 bits per heavy atom. The molecule has 2 heteroatoms. The lowest BCUT2D eigenvalue weighted by molar-refractivity contribution is 0.301. The highest BCUT2D eigenvalue weighted by molar-refractivity contribution is 7.10. The number of likely N-dealkylation sites (N-methyl/N-ethyl adjacent to an activating group) is 1. The fraction of sp³-hybridized carbons (Fsp3) is 0.733. The van der Waals surface area contributed by atoms with Crippen molar-refractivity contribution in [3.8, 4) is 0 Å². The van der Waals surface area contributed by atoms with Gasteiger partial charge >= 0.3 is 0 Å². The number of rotatable bonds is 5. The van der Waals surface area contributed by atoms with E-state index in [1.807, 2.05) is 11.3 Å². The minimum atomic E-state index is 0.665. The van der Waals surface area contributed by atoms with E-state index < -0.39 is 0 Å². The lowest BCUT2D eigenvalue weighted by Crippen LogP contribution is -2.40. The van der Waals surface area contributed by atoms with E-state index in [-0.39, 0.29) is 0 Å². The SMILES string of the molecule is CCNC(C(C)CC)C1CCCc2sccc21. The fourth-order valence-electron chi connectivity index (χ4n) is 3.12. The Bertz CT molecular complexity index is 344. The van der Waals surface area contributed by atoms with Crippen molar-refractivity contribution in [2.45, 2.75) is 58.4 Å². The first kappa shape index (κ1) is 13.1. The number of hydrogen-bond acceptors (Lipinski definition) is 2. The summed E-state index contributed by atoms with van der Waals surface area (Å²) in [6.45, 7) is 8.03. The van der Waals surface area contributed by atoms with Crippen LogP contribution in [0.3, 0.4) is 0 Å². The molecule has 1 nitrogen and oxygen atoms in total. The lowest BCUT2D eigenvalue weighted by atomic mass is 9.77. The summed E-state index contributed by atoms with van der Waals surface area (Å²) in [5, 5.41) is 6.02. The molecule has 17 heavy (non-hydrogen) atoms. The molecule has 3 unspecified atom stereocenters. The standard InChI is InChI=1S/C15H25NS/c1-4-11(3)15(16-5-2)13-7-6-8-14-12(13)9-10-17-14/h9-11,13,15-16H,4-8H2,1-3H3. The summed E-state index contributed by atoms with van der Waals surface area (Å²) in [6, 6.07) is 3.04. The first-order chi connectivity index (χ1) is 8.27. The van der Waals surface area contributed by atoms with E-state index in [0.717, 1.165) is 18.4 Å². The summed E-state index contributed by atoms with van der Waals surface area (Å²) < 4.78 is 0. The predicted octanol–water partition coefficient (Wildman–Crippen LogP) is 4.19. The molecule has 0 amide bonds. The van der Waals surface area contributed by atoms with Crippen LogP contribution in [-0.4, -0.2) is 12.6 Å². The van der Waals surface area contributed by atoms with Crippen molar-refractivity contribution in [1.82, 2.24) is 5.32 Å². The zero-order valence-corrected chi connectivity index (χ0v) is 12.1. The molecular weight excluding hydrogens is 226 g/mol. The van der Waals surface area contributed by atoms with E-state index in [4.69, 9.17) is 0 Å². The molecule has 1 aromatic heterocycles. The van der Waals surface area contributed by atoms with Crippen molar-refractivity contribution in [3.05, 3.63) is 21.9 Å². The molecule has 3 atom stereocenters. The molecule has 1 aliphatic carbocycles. The molecule has 0 radical (unpaired) electrons. The fourth-order valence-corrected chi connectivity index (χ4v) is 4.12. The summed E-state index contributed by atoms with van der Waals surface area (Å²) in [6.07, 6.45) is 5.32. The van der Waals surface area contributed by atoms with Gasteiger partial charge in [0.25, 0.3) is 0 Å². The Balaban J connectivity index is 2.20. The van der Waals surface area contributed by atoms with E-state index in [9.17, 15) is 0 Å². The van der Waals surface area contributed by atoms with Crippen LogP contribution < -0.4 is 5.32 Å². The molecule has 0 spiro atoms. The second-order valence-electron chi connectivity index (χ2n) is 5.27. The quantitative estimate of drug-likeness (QED) is 0.827. The molecule has 0 saturated heterocycles. The molecule has 0 fully saturated rings. The average molecular weight is 251 g/mol. The number of nitrogens with one attached hydrogen (secondary N) is 1. The maximum atomic E-state index is 3.74. The molecule has 0 saturated carbocycles. The second-order valence-corrected chi connectivity index (χ2v) is 6.27. The number of fused-ring (bicyclic) bond motifs is 1. The highest BCUT2D eigenvalue weighted by Crippen LogP contribution is 2.39. The maximum absolute atomic E-state index is 3.74. The molecule has 0 bridgehead atoms. The normalized spacial score (nSPS) is 23.1. The minimum Gasteiger partial charge on any atom is -0.313 e. The Morgan fingerprint density at radius 3 is 3.00 bits per heavy atom. The molecule has 1 N–H and O–H groups in total. The Kier molecular flexibility index (Phi) is 4.63. The zero-order chi connectivity index (χ0) is 12.3. The van der Waals surface area contributed by atoms with Gasteiger partial charge in [-0.15, -0.1) is 11.3 Å². The van der Waals surface area contributed by atoms with E-state index in [1.54, 1.807) is 10.4 Å². The topological polar surface area (TPSA) is 12.0 Å². The molecule has 0 aliphatic heterocycles. The first-order valence-electron chi connectivity index (χ1n) is 7.07. The second kappa shape index (κ2) is 6.01. The monoisotopic (exact) mass is 251 g/mol. The van der Waals surface area contributed by atoms with E-state index in [1.165, 1.54) is 25.7 Å². The highest BCUT2D eigenvalue weighted by atomic mass is 32.1. The molecular formula is C15H25NS. The van der Waals surface area contributed by atoms with Crippen LogP contribution in [0.1, 0.15) is 56.4 Å². The van der Waals surface area contributed by atoms with Crippen LogP contribution in [0, 0.1) is 5.92 Å². The van der Waals surface area contributed by atoms with Crippen molar-refractivity contribution >= 4 is 11.3 Å². The van der Waals surface area contributed by atoms with Gasteiger partial charge in [0.2, 0.25) is 0 Å². The van der Waals surface area contributed by atoms with Gasteiger partial charge in [0.1, 0.15) is 0 Å². The zero-order valence-electron chi connectivity index (χ0n) is 11.3. The summed E-state index contributed by atoms with van der Waals surface area (Å²) in [5.41, 5.74) is 1.65. The van der Waals surface area contributed by atoms with E-state index in [0.29, 0.717) is 6.04 Å². The van der Waals surface area contributed by atoms with Crippen molar-refractivity contribution in [2.24, 2.45) is 5.92 Å².